The number of hydrogen-bond donors (Lipinski definition) is 2. The van der Waals surface area contributed by atoms with E-state index in [2.05, 4.69) is 41.5 Å². The van der Waals surface area contributed by atoms with Gasteiger partial charge >= 0.3 is 0 Å². The average Bonchev–Trinajstić information content (AvgIpc) is 2.97. The van der Waals surface area contributed by atoms with Gasteiger partial charge in [-0.25, -0.2) is 0 Å². The SMILES string of the molecule is C=C1Cc2c(ccc3c2OC(CNCc2ccccc2)CO3)N1. The highest BCUT2D eigenvalue weighted by Gasteiger charge is 2.27. The Bertz CT molecular complexity index is 728. The van der Waals surface area contributed by atoms with Crippen LogP contribution in [0.1, 0.15) is 11.1 Å². The largest absolute Gasteiger partial charge is 0.486 e. The molecule has 0 aliphatic carbocycles. The molecule has 4 rings (SSSR count). The van der Waals surface area contributed by atoms with E-state index in [4.69, 9.17) is 9.47 Å². The highest BCUT2D eigenvalue weighted by Crippen LogP contribution is 2.43. The maximum absolute atomic E-state index is 6.19. The molecule has 4 nitrogen and oxygen atoms in total. The molecule has 2 aromatic carbocycles. The van der Waals surface area contributed by atoms with Crippen molar-refractivity contribution in [3.05, 3.63) is 65.9 Å². The van der Waals surface area contributed by atoms with Crippen molar-refractivity contribution in [2.24, 2.45) is 0 Å². The first-order valence-corrected chi connectivity index (χ1v) is 7.94. The fourth-order valence-corrected chi connectivity index (χ4v) is 3.05. The van der Waals surface area contributed by atoms with Crippen LogP contribution in [-0.4, -0.2) is 19.3 Å². The van der Waals surface area contributed by atoms with Crippen molar-refractivity contribution in [1.29, 1.82) is 0 Å². The minimum absolute atomic E-state index is 0.0200. The van der Waals surface area contributed by atoms with Crippen molar-refractivity contribution in [3.8, 4) is 11.5 Å². The first-order chi connectivity index (χ1) is 11.3. The molecule has 0 saturated carbocycles. The molecule has 0 saturated heterocycles. The van der Waals surface area contributed by atoms with Gasteiger partial charge in [-0.15, -0.1) is 0 Å². The van der Waals surface area contributed by atoms with Crippen molar-refractivity contribution in [3.63, 3.8) is 0 Å². The third-order valence-electron chi connectivity index (χ3n) is 4.18. The molecule has 4 heteroatoms. The first-order valence-electron chi connectivity index (χ1n) is 7.94. The molecule has 0 spiro atoms. The second-order valence-electron chi connectivity index (χ2n) is 5.99. The first kappa shape index (κ1) is 14.2. The zero-order valence-corrected chi connectivity index (χ0v) is 13.0. The van der Waals surface area contributed by atoms with Crippen molar-refractivity contribution < 1.29 is 9.47 Å². The Kier molecular flexibility index (Phi) is 3.67. The lowest BCUT2D eigenvalue weighted by Gasteiger charge is -2.28. The Morgan fingerprint density at radius 1 is 1.17 bits per heavy atom. The van der Waals surface area contributed by atoms with Gasteiger partial charge in [-0.05, 0) is 17.7 Å². The van der Waals surface area contributed by atoms with Crippen molar-refractivity contribution in [1.82, 2.24) is 5.32 Å². The van der Waals surface area contributed by atoms with E-state index in [9.17, 15) is 0 Å². The summed E-state index contributed by atoms with van der Waals surface area (Å²) in [6.45, 7) is 6.16. The van der Waals surface area contributed by atoms with E-state index < -0.39 is 0 Å². The number of hydrogen-bond acceptors (Lipinski definition) is 4. The van der Waals surface area contributed by atoms with Crippen LogP contribution in [0.15, 0.2) is 54.7 Å². The van der Waals surface area contributed by atoms with Crippen LogP contribution >= 0.6 is 0 Å². The van der Waals surface area contributed by atoms with Gasteiger partial charge in [-0.3, -0.25) is 0 Å². The molecule has 1 unspecified atom stereocenters. The summed E-state index contributed by atoms with van der Waals surface area (Å²) in [5.74, 6) is 1.70. The van der Waals surface area contributed by atoms with Gasteiger partial charge in [0.05, 0.1) is 0 Å². The van der Waals surface area contributed by atoms with E-state index in [1.165, 1.54) is 5.56 Å². The summed E-state index contributed by atoms with van der Waals surface area (Å²) < 4.78 is 12.1. The van der Waals surface area contributed by atoms with E-state index in [0.717, 1.165) is 48.0 Å². The number of fused-ring (bicyclic) bond motifs is 3. The van der Waals surface area contributed by atoms with Crippen LogP contribution in [0.3, 0.4) is 0 Å². The maximum atomic E-state index is 6.19. The van der Waals surface area contributed by atoms with Crippen LogP contribution in [0.25, 0.3) is 0 Å². The zero-order chi connectivity index (χ0) is 15.6. The summed E-state index contributed by atoms with van der Waals surface area (Å²) >= 11 is 0. The average molecular weight is 308 g/mol. The Hall–Kier alpha value is -2.46. The van der Waals surface area contributed by atoms with Crippen LogP contribution in [0, 0.1) is 0 Å². The predicted octanol–water partition coefficient (Wildman–Crippen LogP) is 3.10. The van der Waals surface area contributed by atoms with Crippen molar-refractivity contribution in [2.45, 2.75) is 19.1 Å². The van der Waals surface area contributed by atoms with E-state index in [1.807, 2.05) is 18.2 Å². The zero-order valence-electron chi connectivity index (χ0n) is 13.0. The normalized spacial score (nSPS) is 18.4. The quantitative estimate of drug-likeness (QED) is 0.911. The van der Waals surface area contributed by atoms with Gasteiger partial charge in [0.25, 0.3) is 0 Å². The smallest absolute Gasteiger partial charge is 0.167 e. The topological polar surface area (TPSA) is 42.5 Å². The lowest BCUT2D eigenvalue weighted by molar-refractivity contribution is 0.0893. The highest BCUT2D eigenvalue weighted by atomic mass is 16.6. The monoisotopic (exact) mass is 308 g/mol. The van der Waals surface area contributed by atoms with E-state index >= 15 is 0 Å². The minimum Gasteiger partial charge on any atom is -0.486 e. The van der Waals surface area contributed by atoms with Gasteiger partial charge in [0.15, 0.2) is 11.5 Å². The molecule has 2 heterocycles. The number of anilines is 1. The molecule has 2 aliphatic rings. The van der Waals surface area contributed by atoms with Gasteiger partial charge in [-0.2, -0.15) is 0 Å². The molecular weight excluding hydrogens is 288 g/mol. The second-order valence-corrected chi connectivity index (χ2v) is 5.99. The van der Waals surface area contributed by atoms with Crippen LogP contribution in [0.5, 0.6) is 11.5 Å². The molecule has 1 atom stereocenters. The molecule has 2 aromatic rings. The Balaban J connectivity index is 1.41. The van der Waals surface area contributed by atoms with E-state index in [-0.39, 0.29) is 6.10 Å². The fraction of sp³-hybridized carbons (Fsp3) is 0.263. The predicted molar refractivity (Wildman–Crippen MR) is 91.0 cm³/mol. The summed E-state index contributed by atoms with van der Waals surface area (Å²) in [5.41, 5.74) is 4.50. The highest BCUT2D eigenvalue weighted by molar-refractivity contribution is 5.70. The van der Waals surface area contributed by atoms with Crippen LogP contribution < -0.4 is 20.1 Å². The van der Waals surface area contributed by atoms with Gasteiger partial charge < -0.3 is 20.1 Å². The van der Waals surface area contributed by atoms with Gasteiger partial charge in [0, 0.05) is 36.5 Å². The molecule has 0 radical (unpaired) electrons. The maximum Gasteiger partial charge on any atom is 0.167 e. The van der Waals surface area contributed by atoms with Crippen molar-refractivity contribution in [2.75, 3.05) is 18.5 Å². The number of nitrogens with one attached hydrogen (secondary N) is 2. The van der Waals surface area contributed by atoms with Crippen LogP contribution in [0.2, 0.25) is 0 Å². The second kappa shape index (κ2) is 5.97. The molecule has 0 fully saturated rings. The number of rotatable bonds is 4. The summed E-state index contributed by atoms with van der Waals surface area (Å²) in [5, 5.41) is 6.72. The molecule has 23 heavy (non-hydrogen) atoms. The number of allylic oxidation sites excluding steroid dienone is 1. The molecule has 2 aliphatic heterocycles. The number of ether oxygens (including phenoxy) is 2. The number of benzene rings is 2. The summed E-state index contributed by atoms with van der Waals surface area (Å²) in [7, 11) is 0. The Morgan fingerprint density at radius 3 is 2.91 bits per heavy atom. The van der Waals surface area contributed by atoms with E-state index in [0.29, 0.717) is 6.61 Å². The minimum atomic E-state index is 0.0200. The molecule has 118 valence electrons. The molecule has 0 bridgehead atoms. The van der Waals surface area contributed by atoms with Crippen molar-refractivity contribution >= 4 is 5.69 Å². The third-order valence-corrected chi connectivity index (χ3v) is 4.18. The lowest BCUT2D eigenvalue weighted by Crippen LogP contribution is -2.38. The molecule has 0 amide bonds. The summed E-state index contributed by atoms with van der Waals surface area (Å²) in [4.78, 5) is 0. The summed E-state index contributed by atoms with van der Waals surface area (Å²) in [6.07, 6.45) is 0.818. The standard InChI is InChI=1S/C19H20N2O2/c1-13-9-16-17(21-13)7-8-18-19(16)23-15(12-22-18)11-20-10-14-5-3-2-4-6-14/h2-8,15,20-21H,1,9-12H2. The lowest BCUT2D eigenvalue weighted by atomic mass is 10.1. The summed E-state index contributed by atoms with van der Waals surface area (Å²) in [6, 6.07) is 14.4. The van der Waals surface area contributed by atoms with Gasteiger partial charge in [0.2, 0.25) is 0 Å². The van der Waals surface area contributed by atoms with Crippen LogP contribution in [-0.2, 0) is 13.0 Å². The Labute approximate surface area is 136 Å². The van der Waals surface area contributed by atoms with E-state index in [1.54, 1.807) is 0 Å². The molecule has 2 N–H and O–H groups in total. The molecular formula is C19H20N2O2. The van der Waals surface area contributed by atoms with Gasteiger partial charge in [0.1, 0.15) is 12.7 Å². The third kappa shape index (κ3) is 2.90. The van der Waals surface area contributed by atoms with Crippen LogP contribution in [0.4, 0.5) is 5.69 Å². The van der Waals surface area contributed by atoms with Gasteiger partial charge in [-0.1, -0.05) is 36.9 Å². The Morgan fingerprint density at radius 2 is 2.04 bits per heavy atom. The molecule has 0 aromatic heterocycles. The fourth-order valence-electron chi connectivity index (χ4n) is 3.05.